The molecule has 1 aliphatic rings. The quantitative estimate of drug-likeness (QED) is 0.855. The molecule has 5 heteroatoms. The van der Waals surface area contributed by atoms with Crippen LogP contribution in [0.2, 0.25) is 0 Å². The number of hydrogen-bond acceptors (Lipinski definition) is 4. The zero-order valence-electron chi connectivity index (χ0n) is 12.4. The zero-order chi connectivity index (χ0) is 14.4. The number of hydrogen-bond donors (Lipinski definition) is 2. The zero-order valence-corrected chi connectivity index (χ0v) is 12.4. The number of piperidine rings is 1. The summed E-state index contributed by atoms with van der Waals surface area (Å²) in [4.78, 5) is 18.7. The van der Waals surface area contributed by atoms with Crippen LogP contribution in [-0.4, -0.2) is 42.5 Å². The Morgan fingerprint density at radius 2 is 2.35 bits per heavy atom. The number of nitrogens with zero attached hydrogens (tertiary/aromatic N) is 2. The predicted octanol–water partition coefficient (Wildman–Crippen LogP) is 1.47. The van der Waals surface area contributed by atoms with Crippen LogP contribution in [0.1, 0.15) is 25.5 Å². The largest absolute Gasteiger partial charge is 0.370 e. The average molecular weight is 276 g/mol. The number of amides is 1. The Morgan fingerprint density at radius 1 is 1.50 bits per heavy atom. The monoisotopic (exact) mass is 276 g/mol. The fourth-order valence-corrected chi connectivity index (χ4v) is 2.69. The number of nitrogens with one attached hydrogen (secondary N) is 2. The maximum absolute atomic E-state index is 11.7. The van der Waals surface area contributed by atoms with Gasteiger partial charge in [-0.2, -0.15) is 0 Å². The summed E-state index contributed by atoms with van der Waals surface area (Å²) in [7, 11) is 1.71. The van der Waals surface area contributed by atoms with E-state index in [-0.39, 0.29) is 11.8 Å². The van der Waals surface area contributed by atoms with Gasteiger partial charge >= 0.3 is 0 Å². The first-order valence-electron chi connectivity index (χ1n) is 7.36. The van der Waals surface area contributed by atoms with Crippen LogP contribution in [0.3, 0.4) is 0 Å². The molecule has 2 N–H and O–H groups in total. The number of rotatable bonds is 5. The summed E-state index contributed by atoms with van der Waals surface area (Å²) in [6.45, 7) is 5.62. The number of carbonyl (C=O) groups is 1. The molecule has 0 radical (unpaired) electrons. The Hall–Kier alpha value is -1.62. The van der Waals surface area contributed by atoms with Crippen molar-refractivity contribution in [2.75, 3.05) is 32.0 Å². The van der Waals surface area contributed by atoms with Gasteiger partial charge in [0, 0.05) is 26.7 Å². The van der Waals surface area contributed by atoms with Gasteiger partial charge in [0.05, 0.1) is 11.6 Å². The van der Waals surface area contributed by atoms with Gasteiger partial charge in [0.25, 0.3) is 0 Å². The molecule has 0 spiro atoms. The third-order valence-electron chi connectivity index (χ3n) is 3.67. The SMILES string of the molecule is CCNc1cccc(CN2CCCC(C(=O)NC)C2)n1. The minimum Gasteiger partial charge on any atom is -0.370 e. The lowest BCUT2D eigenvalue weighted by Crippen LogP contribution is -2.41. The second-order valence-electron chi connectivity index (χ2n) is 5.23. The molecule has 0 saturated carbocycles. The highest BCUT2D eigenvalue weighted by molar-refractivity contribution is 5.78. The van der Waals surface area contributed by atoms with Gasteiger partial charge in [0.15, 0.2) is 0 Å². The van der Waals surface area contributed by atoms with E-state index >= 15 is 0 Å². The molecule has 5 nitrogen and oxygen atoms in total. The van der Waals surface area contributed by atoms with Crippen LogP contribution >= 0.6 is 0 Å². The standard InChI is InChI=1S/C15H24N4O/c1-3-17-14-8-4-7-13(18-14)11-19-9-5-6-12(10-19)15(20)16-2/h4,7-8,12H,3,5-6,9-11H2,1-2H3,(H,16,20)(H,17,18). The summed E-state index contributed by atoms with van der Waals surface area (Å²) in [6, 6.07) is 6.06. The third kappa shape index (κ3) is 3.93. The molecule has 1 atom stereocenters. The first-order chi connectivity index (χ1) is 9.72. The molecule has 0 bridgehead atoms. The van der Waals surface area contributed by atoms with Gasteiger partial charge in [0.1, 0.15) is 5.82 Å². The van der Waals surface area contributed by atoms with Crippen molar-refractivity contribution in [3.05, 3.63) is 23.9 Å². The van der Waals surface area contributed by atoms with Crippen LogP contribution in [-0.2, 0) is 11.3 Å². The average Bonchev–Trinajstić information content (AvgIpc) is 2.47. The molecule has 110 valence electrons. The van der Waals surface area contributed by atoms with E-state index in [0.717, 1.165) is 50.5 Å². The molecular weight excluding hydrogens is 252 g/mol. The molecule has 1 amide bonds. The van der Waals surface area contributed by atoms with Crippen LogP contribution < -0.4 is 10.6 Å². The Balaban J connectivity index is 1.95. The van der Waals surface area contributed by atoms with Gasteiger partial charge in [-0.15, -0.1) is 0 Å². The van der Waals surface area contributed by atoms with Crippen molar-refractivity contribution in [2.24, 2.45) is 5.92 Å². The van der Waals surface area contributed by atoms with Gasteiger partial charge in [-0.3, -0.25) is 9.69 Å². The first-order valence-corrected chi connectivity index (χ1v) is 7.36. The number of anilines is 1. The van der Waals surface area contributed by atoms with Crippen molar-refractivity contribution in [1.29, 1.82) is 0 Å². The molecule has 1 aliphatic heterocycles. The highest BCUT2D eigenvalue weighted by Gasteiger charge is 2.25. The van der Waals surface area contributed by atoms with Gasteiger partial charge in [0.2, 0.25) is 5.91 Å². The smallest absolute Gasteiger partial charge is 0.224 e. The van der Waals surface area contributed by atoms with Crippen LogP contribution in [0.4, 0.5) is 5.82 Å². The predicted molar refractivity (Wildman–Crippen MR) is 80.5 cm³/mol. The Morgan fingerprint density at radius 3 is 3.10 bits per heavy atom. The summed E-state index contributed by atoms with van der Waals surface area (Å²) in [6.07, 6.45) is 2.06. The second kappa shape index (κ2) is 7.24. The lowest BCUT2D eigenvalue weighted by atomic mass is 9.97. The Kier molecular flexibility index (Phi) is 5.35. The summed E-state index contributed by atoms with van der Waals surface area (Å²) < 4.78 is 0. The Labute approximate surface area is 120 Å². The van der Waals surface area contributed by atoms with Crippen LogP contribution in [0.5, 0.6) is 0 Å². The maximum Gasteiger partial charge on any atom is 0.224 e. The van der Waals surface area contributed by atoms with E-state index in [9.17, 15) is 4.79 Å². The number of pyridine rings is 1. The van der Waals surface area contributed by atoms with Crippen LogP contribution in [0.25, 0.3) is 0 Å². The van der Waals surface area contributed by atoms with E-state index < -0.39 is 0 Å². The second-order valence-corrected chi connectivity index (χ2v) is 5.23. The maximum atomic E-state index is 11.7. The van der Waals surface area contributed by atoms with Gasteiger partial charge in [-0.05, 0) is 38.4 Å². The van der Waals surface area contributed by atoms with Crippen molar-refractivity contribution < 1.29 is 4.79 Å². The highest BCUT2D eigenvalue weighted by atomic mass is 16.1. The fourth-order valence-electron chi connectivity index (χ4n) is 2.69. The summed E-state index contributed by atoms with van der Waals surface area (Å²) in [5.41, 5.74) is 1.06. The molecule has 0 aromatic carbocycles. The van der Waals surface area contributed by atoms with Gasteiger partial charge in [-0.25, -0.2) is 4.98 Å². The minimum absolute atomic E-state index is 0.116. The molecule has 1 saturated heterocycles. The fraction of sp³-hybridized carbons (Fsp3) is 0.600. The van der Waals surface area contributed by atoms with Gasteiger partial charge < -0.3 is 10.6 Å². The van der Waals surface area contributed by atoms with Crippen molar-refractivity contribution in [3.8, 4) is 0 Å². The van der Waals surface area contributed by atoms with Crippen molar-refractivity contribution in [2.45, 2.75) is 26.3 Å². The molecule has 1 unspecified atom stereocenters. The highest BCUT2D eigenvalue weighted by Crippen LogP contribution is 2.18. The molecule has 20 heavy (non-hydrogen) atoms. The topological polar surface area (TPSA) is 57.3 Å². The molecule has 1 aromatic rings. The molecule has 1 aromatic heterocycles. The molecule has 0 aliphatic carbocycles. The van der Waals surface area contributed by atoms with E-state index in [2.05, 4.69) is 27.4 Å². The van der Waals surface area contributed by atoms with E-state index in [1.165, 1.54) is 0 Å². The lowest BCUT2D eigenvalue weighted by molar-refractivity contribution is -0.126. The molecule has 2 rings (SSSR count). The van der Waals surface area contributed by atoms with E-state index in [1.807, 2.05) is 18.2 Å². The normalized spacial score (nSPS) is 19.6. The number of aromatic nitrogens is 1. The first kappa shape index (κ1) is 14.8. The minimum atomic E-state index is 0.116. The van der Waals surface area contributed by atoms with Crippen molar-refractivity contribution in [3.63, 3.8) is 0 Å². The van der Waals surface area contributed by atoms with Crippen molar-refractivity contribution in [1.82, 2.24) is 15.2 Å². The molecular formula is C15H24N4O. The van der Waals surface area contributed by atoms with Gasteiger partial charge in [-0.1, -0.05) is 6.07 Å². The third-order valence-corrected chi connectivity index (χ3v) is 3.67. The van der Waals surface area contributed by atoms with E-state index in [4.69, 9.17) is 0 Å². The molecule has 1 fully saturated rings. The Bertz CT molecular complexity index is 449. The van der Waals surface area contributed by atoms with Crippen LogP contribution in [0, 0.1) is 5.92 Å². The van der Waals surface area contributed by atoms with E-state index in [1.54, 1.807) is 7.05 Å². The van der Waals surface area contributed by atoms with E-state index in [0.29, 0.717) is 0 Å². The summed E-state index contributed by atoms with van der Waals surface area (Å²) in [5, 5.41) is 5.98. The number of carbonyl (C=O) groups excluding carboxylic acids is 1. The van der Waals surface area contributed by atoms with Crippen molar-refractivity contribution >= 4 is 11.7 Å². The molecule has 2 heterocycles. The lowest BCUT2D eigenvalue weighted by Gasteiger charge is -2.31. The summed E-state index contributed by atoms with van der Waals surface area (Å²) >= 11 is 0. The number of likely N-dealkylation sites (tertiary alicyclic amines) is 1. The van der Waals surface area contributed by atoms with Crippen LogP contribution in [0.15, 0.2) is 18.2 Å². The summed E-state index contributed by atoms with van der Waals surface area (Å²) in [5.74, 6) is 1.19.